The number of methoxy groups -OCH3 is 1. The highest BCUT2D eigenvalue weighted by molar-refractivity contribution is 7.11. The van der Waals surface area contributed by atoms with Crippen molar-refractivity contribution < 1.29 is 9.53 Å². The summed E-state index contributed by atoms with van der Waals surface area (Å²) in [6.45, 7) is 4.01. The zero-order valence-corrected chi connectivity index (χ0v) is 13.2. The molecular weight excluding hydrogens is 286 g/mol. The van der Waals surface area contributed by atoms with E-state index in [1.54, 1.807) is 29.5 Å². The van der Waals surface area contributed by atoms with Crippen LogP contribution in [-0.2, 0) is 6.42 Å². The number of rotatable bonds is 5. The van der Waals surface area contributed by atoms with Gasteiger partial charge in [-0.05, 0) is 31.5 Å². The Bertz CT molecular complexity index is 640. The minimum absolute atomic E-state index is 0.133. The quantitative estimate of drug-likeness (QED) is 0.833. The Balaban J connectivity index is 2.10. The number of carbonyl (C=O) groups is 1. The maximum absolute atomic E-state index is 12.3. The van der Waals surface area contributed by atoms with Crippen LogP contribution in [0.2, 0.25) is 0 Å². The van der Waals surface area contributed by atoms with Crippen molar-refractivity contribution in [1.82, 2.24) is 10.3 Å². The van der Waals surface area contributed by atoms with Gasteiger partial charge in [-0.25, -0.2) is 4.98 Å². The number of hydrogen-bond donors (Lipinski definition) is 2. The zero-order chi connectivity index (χ0) is 15.4. The predicted molar refractivity (Wildman–Crippen MR) is 84.8 cm³/mol. The van der Waals surface area contributed by atoms with Crippen LogP contribution in [0, 0.1) is 0 Å². The molecule has 2 aromatic rings. The molecule has 3 N–H and O–H groups in total. The van der Waals surface area contributed by atoms with Gasteiger partial charge in [-0.3, -0.25) is 4.79 Å². The third-order valence-electron chi connectivity index (χ3n) is 3.13. The Kier molecular flexibility index (Phi) is 4.80. The molecule has 0 saturated heterocycles. The van der Waals surface area contributed by atoms with Gasteiger partial charge in [0.15, 0.2) is 0 Å². The van der Waals surface area contributed by atoms with E-state index in [0.29, 0.717) is 17.0 Å². The lowest BCUT2D eigenvalue weighted by molar-refractivity contribution is 0.0939. The number of carbonyl (C=O) groups excluding carboxylic acids is 1. The molecule has 5 nitrogen and oxygen atoms in total. The monoisotopic (exact) mass is 305 g/mol. The second kappa shape index (κ2) is 6.58. The number of nitrogen functional groups attached to an aromatic ring is 1. The molecule has 6 heteroatoms. The van der Waals surface area contributed by atoms with Crippen molar-refractivity contribution in [2.24, 2.45) is 0 Å². The molecule has 1 aromatic carbocycles. The average molecular weight is 305 g/mol. The molecule has 0 saturated carbocycles. The molecule has 0 radical (unpaired) electrons. The highest BCUT2D eigenvalue weighted by atomic mass is 32.1. The second-order valence-electron chi connectivity index (χ2n) is 4.67. The third-order valence-corrected chi connectivity index (χ3v) is 4.46. The number of nitrogens with two attached hydrogens (primary N) is 1. The second-order valence-corrected chi connectivity index (χ2v) is 5.82. The summed E-state index contributed by atoms with van der Waals surface area (Å²) in [5.41, 5.74) is 6.77. The molecule has 0 bridgehead atoms. The van der Waals surface area contributed by atoms with Crippen LogP contribution in [0.4, 0.5) is 5.69 Å². The molecule has 1 aromatic heterocycles. The van der Waals surface area contributed by atoms with E-state index >= 15 is 0 Å². The van der Waals surface area contributed by atoms with Gasteiger partial charge in [-0.15, -0.1) is 11.3 Å². The van der Waals surface area contributed by atoms with Gasteiger partial charge < -0.3 is 15.8 Å². The first-order valence-corrected chi connectivity index (χ1v) is 7.55. The summed E-state index contributed by atoms with van der Waals surface area (Å²) in [6.07, 6.45) is 2.81. The fraction of sp³-hybridized carbons (Fsp3) is 0.333. The summed E-state index contributed by atoms with van der Waals surface area (Å²) in [4.78, 5) is 17.8. The van der Waals surface area contributed by atoms with Crippen LogP contribution in [0.3, 0.4) is 0 Å². The van der Waals surface area contributed by atoms with Crippen LogP contribution in [0.5, 0.6) is 5.75 Å². The topological polar surface area (TPSA) is 77.2 Å². The van der Waals surface area contributed by atoms with Crippen molar-refractivity contribution in [2.45, 2.75) is 26.3 Å². The van der Waals surface area contributed by atoms with Crippen molar-refractivity contribution in [1.29, 1.82) is 0 Å². The smallest absolute Gasteiger partial charge is 0.251 e. The first-order chi connectivity index (χ1) is 10.0. The molecule has 1 amide bonds. The number of thiazole rings is 1. The zero-order valence-electron chi connectivity index (χ0n) is 12.3. The molecule has 2 rings (SSSR count). The molecule has 0 aliphatic heterocycles. The molecular formula is C15H19N3O2S. The number of amides is 1. The predicted octanol–water partition coefficient (Wildman–Crippen LogP) is 2.79. The minimum atomic E-state index is -0.172. The van der Waals surface area contributed by atoms with Gasteiger partial charge in [-0.2, -0.15) is 0 Å². The lowest BCUT2D eigenvalue weighted by Gasteiger charge is -2.12. The van der Waals surface area contributed by atoms with Gasteiger partial charge in [0.2, 0.25) is 0 Å². The SMILES string of the molecule is CCc1cnc(C(C)NC(=O)c2ccc(N)c(OC)c2)s1. The van der Waals surface area contributed by atoms with Crippen LogP contribution in [-0.4, -0.2) is 18.0 Å². The number of nitrogens with zero attached hydrogens (tertiary/aromatic N) is 1. The number of nitrogens with one attached hydrogen (secondary N) is 1. The first-order valence-electron chi connectivity index (χ1n) is 6.74. The normalized spacial score (nSPS) is 12.0. The molecule has 0 aliphatic carbocycles. The number of benzene rings is 1. The number of ether oxygens (including phenoxy) is 1. The average Bonchev–Trinajstić information content (AvgIpc) is 2.96. The largest absolute Gasteiger partial charge is 0.495 e. The Morgan fingerprint density at radius 2 is 2.29 bits per heavy atom. The van der Waals surface area contributed by atoms with Crippen molar-refractivity contribution in [3.05, 3.63) is 39.8 Å². The van der Waals surface area contributed by atoms with Crippen molar-refractivity contribution in [3.8, 4) is 5.75 Å². The van der Waals surface area contributed by atoms with E-state index in [4.69, 9.17) is 10.5 Å². The summed E-state index contributed by atoms with van der Waals surface area (Å²) >= 11 is 1.62. The van der Waals surface area contributed by atoms with E-state index in [0.717, 1.165) is 11.4 Å². The minimum Gasteiger partial charge on any atom is -0.495 e. The number of aromatic nitrogens is 1. The van der Waals surface area contributed by atoms with Crippen molar-refractivity contribution in [2.75, 3.05) is 12.8 Å². The van der Waals surface area contributed by atoms with Gasteiger partial charge in [0.25, 0.3) is 5.91 Å². The van der Waals surface area contributed by atoms with E-state index in [1.807, 2.05) is 13.1 Å². The molecule has 1 heterocycles. The molecule has 112 valence electrons. The van der Waals surface area contributed by atoms with Gasteiger partial charge in [0.05, 0.1) is 18.8 Å². The Morgan fingerprint density at radius 1 is 1.52 bits per heavy atom. The van der Waals surface area contributed by atoms with Crippen LogP contribution in [0.1, 0.15) is 40.1 Å². The lowest BCUT2D eigenvalue weighted by atomic mass is 10.1. The maximum Gasteiger partial charge on any atom is 0.251 e. The van der Waals surface area contributed by atoms with Gasteiger partial charge >= 0.3 is 0 Å². The summed E-state index contributed by atoms with van der Waals surface area (Å²) < 4.78 is 5.13. The maximum atomic E-state index is 12.3. The van der Waals surface area contributed by atoms with Gasteiger partial charge in [-0.1, -0.05) is 6.92 Å². The summed E-state index contributed by atoms with van der Waals surface area (Å²) in [5, 5.41) is 3.84. The summed E-state index contributed by atoms with van der Waals surface area (Å²) in [6, 6.07) is 4.85. The first kappa shape index (κ1) is 15.3. The molecule has 1 unspecified atom stereocenters. The Morgan fingerprint density at radius 3 is 2.90 bits per heavy atom. The van der Waals surface area contributed by atoms with Gasteiger partial charge in [0.1, 0.15) is 10.8 Å². The number of hydrogen-bond acceptors (Lipinski definition) is 5. The lowest BCUT2D eigenvalue weighted by Crippen LogP contribution is -2.26. The van der Waals surface area contributed by atoms with E-state index < -0.39 is 0 Å². The van der Waals surface area contributed by atoms with Crippen LogP contribution in [0.25, 0.3) is 0 Å². The number of anilines is 1. The third kappa shape index (κ3) is 3.52. The van der Waals surface area contributed by atoms with E-state index in [9.17, 15) is 4.79 Å². The fourth-order valence-corrected chi connectivity index (χ4v) is 2.74. The number of aryl methyl sites for hydroxylation is 1. The van der Waals surface area contributed by atoms with Gasteiger partial charge in [0, 0.05) is 16.6 Å². The summed E-state index contributed by atoms with van der Waals surface area (Å²) in [7, 11) is 1.53. The molecule has 0 fully saturated rings. The highest BCUT2D eigenvalue weighted by Gasteiger charge is 2.15. The summed E-state index contributed by atoms with van der Waals surface area (Å²) in [5.74, 6) is 0.326. The van der Waals surface area contributed by atoms with E-state index in [2.05, 4.69) is 17.2 Å². The van der Waals surface area contributed by atoms with Crippen molar-refractivity contribution >= 4 is 22.9 Å². The van der Waals surface area contributed by atoms with Crippen LogP contribution in [0.15, 0.2) is 24.4 Å². The molecule has 21 heavy (non-hydrogen) atoms. The standard InChI is InChI=1S/C15H19N3O2S/c1-4-11-8-17-15(21-11)9(2)18-14(19)10-5-6-12(16)13(7-10)20-3/h5-9H,4,16H2,1-3H3,(H,18,19). The Labute approximate surface area is 128 Å². The Hall–Kier alpha value is -2.08. The highest BCUT2D eigenvalue weighted by Crippen LogP contribution is 2.24. The van der Waals surface area contributed by atoms with Crippen LogP contribution < -0.4 is 15.8 Å². The van der Waals surface area contributed by atoms with E-state index in [-0.39, 0.29) is 11.9 Å². The molecule has 1 atom stereocenters. The molecule has 0 spiro atoms. The van der Waals surface area contributed by atoms with Crippen molar-refractivity contribution in [3.63, 3.8) is 0 Å². The van der Waals surface area contributed by atoms with Crippen LogP contribution >= 0.6 is 11.3 Å². The fourth-order valence-electron chi connectivity index (χ4n) is 1.88. The van der Waals surface area contributed by atoms with E-state index in [1.165, 1.54) is 12.0 Å². The molecule has 0 aliphatic rings.